The Morgan fingerprint density at radius 2 is 1.61 bits per heavy atom. The van der Waals surface area contributed by atoms with Crippen molar-refractivity contribution in [3.8, 4) is 0 Å². The van der Waals surface area contributed by atoms with E-state index in [2.05, 4.69) is 15.0 Å². The highest BCUT2D eigenvalue weighted by atomic mass is 16.8. The van der Waals surface area contributed by atoms with E-state index in [-0.39, 0.29) is 23.6 Å². The third kappa shape index (κ3) is 5.14. The molecule has 2 amide bonds. The van der Waals surface area contributed by atoms with Crippen LogP contribution in [0.25, 0.3) is 11.2 Å². The van der Waals surface area contributed by atoms with Gasteiger partial charge in [-0.1, -0.05) is 0 Å². The van der Waals surface area contributed by atoms with E-state index in [9.17, 15) is 14.7 Å². The fourth-order valence-electron chi connectivity index (χ4n) is 4.08. The van der Waals surface area contributed by atoms with Gasteiger partial charge in [0.05, 0.1) is 12.9 Å². The molecule has 2 aromatic rings. The van der Waals surface area contributed by atoms with Gasteiger partial charge in [-0.05, 0) is 55.4 Å². The first-order chi connectivity index (χ1) is 16.6. The number of amides is 2. The zero-order valence-corrected chi connectivity index (χ0v) is 21.7. The highest BCUT2D eigenvalue weighted by molar-refractivity contribution is 6.12. The van der Waals surface area contributed by atoms with Crippen LogP contribution < -0.4 is 4.90 Å². The molecule has 13 heteroatoms. The number of anilines is 1. The first-order valence-electron chi connectivity index (χ1n) is 11.7. The van der Waals surface area contributed by atoms with E-state index >= 15 is 0 Å². The molecular formula is C23H33N5O8. The number of aliphatic hydroxyl groups excluding tert-OH is 1. The molecule has 2 fully saturated rings. The molecule has 0 bridgehead atoms. The van der Waals surface area contributed by atoms with E-state index in [0.717, 1.165) is 0 Å². The number of hydrogen-bond acceptors (Lipinski definition) is 11. The summed E-state index contributed by atoms with van der Waals surface area (Å²) in [4.78, 5) is 39.8. The van der Waals surface area contributed by atoms with E-state index in [1.807, 2.05) is 0 Å². The van der Waals surface area contributed by atoms with Gasteiger partial charge in [0, 0.05) is 0 Å². The molecule has 198 valence electrons. The van der Waals surface area contributed by atoms with Crippen LogP contribution in [0.5, 0.6) is 0 Å². The Hall–Kier alpha value is -2.87. The average molecular weight is 508 g/mol. The van der Waals surface area contributed by atoms with E-state index < -0.39 is 53.7 Å². The van der Waals surface area contributed by atoms with E-state index in [4.69, 9.17) is 23.7 Å². The number of carbonyl (C=O) groups is 2. The summed E-state index contributed by atoms with van der Waals surface area (Å²) in [5.74, 6) is -0.981. The van der Waals surface area contributed by atoms with Gasteiger partial charge in [-0.2, -0.15) is 4.90 Å². The Bertz CT molecular complexity index is 1120. The predicted octanol–water partition coefficient (Wildman–Crippen LogP) is 2.91. The van der Waals surface area contributed by atoms with Crippen molar-refractivity contribution < 1.29 is 38.4 Å². The van der Waals surface area contributed by atoms with E-state index in [1.54, 1.807) is 60.0 Å². The van der Waals surface area contributed by atoms with Crippen LogP contribution in [0, 0.1) is 0 Å². The van der Waals surface area contributed by atoms with Crippen molar-refractivity contribution in [3.05, 3.63) is 12.7 Å². The number of rotatable bonds is 3. The third-order valence-electron chi connectivity index (χ3n) is 5.28. The molecule has 2 aromatic heterocycles. The van der Waals surface area contributed by atoms with Gasteiger partial charge >= 0.3 is 12.2 Å². The average Bonchev–Trinajstić information content (AvgIpc) is 3.36. The number of imide groups is 1. The monoisotopic (exact) mass is 507 g/mol. The summed E-state index contributed by atoms with van der Waals surface area (Å²) in [5.41, 5.74) is -1.36. The lowest BCUT2D eigenvalue weighted by Gasteiger charge is -2.28. The van der Waals surface area contributed by atoms with Gasteiger partial charge < -0.3 is 28.8 Å². The molecule has 2 aliphatic heterocycles. The summed E-state index contributed by atoms with van der Waals surface area (Å²) in [6, 6.07) is 0. The zero-order chi connectivity index (χ0) is 26.6. The molecule has 0 spiro atoms. The Kier molecular flexibility index (Phi) is 6.48. The topological polar surface area (TPSA) is 147 Å². The number of aliphatic hydroxyl groups is 1. The summed E-state index contributed by atoms with van der Waals surface area (Å²) in [6.07, 6.45) is -1.73. The van der Waals surface area contributed by atoms with Crippen LogP contribution in [-0.4, -0.2) is 78.7 Å². The van der Waals surface area contributed by atoms with Crippen LogP contribution in [0.1, 0.15) is 61.6 Å². The second-order valence-electron chi connectivity index (χ2n) is 11.1. The molecule has 2 aliphatic rings. The lowest BCUT2D eigenvalue weighted by molar-refractivity contribution is -0.199. The molecule has 13 nitrogen and oxygen atoms in total. The van der Waals surface area contributed by atoms with Crippen LogP contribution in [0.2, 0.25) is 0 Å². The van der Waals surface area contributed by atoms with Crippen LogP contribution in [0.4, 0.5) is 15.4 Å². The zero-order valence-electron chi connectivity index (χ0n) is 21.7. The molecule has 0 radical (unpaired) electrons. The first kappa shape index (κ1) is 26.2. The van der Waals surface area contributed by atoms with E-state index in [0.29, 0.717) is 4.90 Å². The summed E-state index contributed by atoms with van der Waals surface area (Å²) in [6.45, 7) is 13.4. The molecule has 0 saturated carbocycles. The summed E-state index contributed by atoms with van der Waals surface area (Å²) in [7, 11) is 0. The maximum atomic E-state index is 13.1. The maximum absolute atomic E-state index is 13.1. The van der Waals surface area contributed by atoms with Gasteiger partial charge in [0.25, 0.3) is 0 Å². The second-order valence-corrected chi connectivity index (χ2v) is 11.1. The smallest absolute Gasteiger partial charge is 0.425 e. The SMILES string of the molecule is CC(C)(C)OC(=O)N(C(=O)OC(C)(C)C)c1ncnc2c1ncn2[C@@H]1O[C@H](CO)[C@@H]2OC(C)(C)O[C@H]21. The Labute approximate surface area is 208 Å². The number of imidazole rings is 1. The molecule has 1 N–H and O–H groups in total. The molecule has 0 aromatic carbocycles. The minimum atomic E-state index is -0.974. The molecule has 4 atom stereocenters. The van der Waals surface area contributed by atoms with Crippen molar-refractivity contribution in [1.29, 1.82) is 0 Å². The lowest BCUT2D eigenvalue weighted by atomic mass is 10.1. The van der Waals surface area contributed by atoms with Crippen LogP contribution in [0.15, 0.2) is 12.7 Å². The Balaban J connectivity index is 1.76. The summed E-state index contributed by atoms with van der Waals surface area (Å²) < 4.78 is 30.5. The highest BCUT2D eigenvalue weighted by Crippen LogP contribution is 2.43. The fourth-order valence-corrected chi connectivity index (χ4v) is 4.08. The molecule has 36 heavy (non-hydrogen) atoms. The lowest BCUT2D eigenvalue weighted by Crippen LogP contribution is -2.44. The number of fused-ring (bicyclic) bond motifs is 2. The number of ether oxygens (including phenoxy) is 5. The summed E-state index contributed by atoms with van der Waals surface area (Å²) >= 11 is 0. The van der Waals surface area contributed by atoms with Gasteiger partial charge in [-0.25, -0.2) is 24.5 Å². The predicted molar refractivity (Wildman–Crippen MR) is 125 cm³/mol. The Morgan fingerprint density at radius 1 is 1.03 bits per heavy atom. The van der Waals surface area contributed by atoms with Gasteiger partial charge in [-0.15, -0.1) is 0 Å². The van der Waals surface area contributed by atoms with Gasteiger partial charge in [-0.3, -0.25) is 4.57 Å². The van der Waals surface area contributed by atoms with Gasteiger partial charge in [0.15, 0.2) is 29.0 Å². The third-order valence-corrected chi connectivity index (χ3v) is 5.28. The van der Waals surface area contributed by atoms with Crippen molar-refractivity contribution in [2.24, 2.45) is 0 Å². The van der Waals surface area contributed by atoms with E-state index in [1.165, 1.54) is 12.7 Å². The molecular weight excluding hydrogens is 474 g/mol. The summed E-state index contributed by atoms with van der Waals surface area (Å²) in [5, 5.41) is 9.82. The van der Waals surface area contributed by atoms with Crippen molar-refractivity contribution >= 4 is 29.2 Å². The largest absolute Gasteiger partial charge is 0.443 e. The first-order valence-corrected chi connectivity index (χ1v) is 11.7. The molecule has 2 saturated heterocycles. The highest BCUT2D eigenvalue weighted by Gasteiger charge is 2.56. The van der Waals surface area contributed by atoms with Crippen molar-refractivity contribution in [2.75, 3.05) is 11.5 Å². The Morgan fingerprint density at radius 3 is 2.17 bits per heavy atom. The fraction of sp³-hybridized carbons (Fsp3) is 0.696. The van der Waals surface area contributed by atoms with Crippen LogP contribution >= 0.6 is 0 Å². The minimum absolute atomic E-state index is 0.112. The van der Waals surface area contributed by atoms with Crippen molar-refractivity contribution in [3.63, 3.8) is 0 Å². The van der Waals surface area contributed by atoms with Gasteiger partial charge in [0.2, 0.25) is 0 Å². The number of hydrogen-bond donors (Lipinski definition) is 1. The maximum Gasteiger partial charge on any atom is 0.425 e. The van der Waals surface area contributed by atoms with Crippen molar-refractivity contribution in [2.45, 2.75) is 96.9 Å². The van der Waals surface area contributed by atoms with Crippen LogP contribution in [-0.2, 0) is 23.7 Å². The molecule has 4 heterocycles. The molecule has 4 rings (SSSR count). The standard InChI is InChI=1S/C23H33N5O8/c1-21(2,3)35-19(30)28(20(31)36-22(4,5)6)17-13-16(24-10-25-17)27(11-26-13)18-15-14(12(9-29)32-18)33-23(7,8)34-15/h10-12,14-15,18,29H,9H2,1-8H3/t12-,14+,15-,18-/m1/s1. The number of carbonyl (C=O) groups excluding carboxylic acids is 2. The number of nitrogens with zero attached hydrogens (tertiary/aromatic N) is 5. The van der Waals surface area contributed by atoms with Gasteiger partial charge in [0.1, 0.15) is 35.8 Å². The quantitative estimate of drug-likeness (QED) is 0.654. The molecule has 0 unspecified atom stereocenters. The second kappa shape index (κ2) is 8.91. The molecule has 0 aliphatic carbocycles. The normalized spacial score (nSPS) is 25.6. The number of aromatic nitrogens is 4. The van der Waals surface area contributed by atoms with Crippen molar-refractivity contribution in [1.82, 2.24) is 19.5 Å². The van der Waals surface area contributed by atoms with Crippen LogP contribution in [0.3, 0.4) is 0 Å². The minimum Gasteiger partial charge on any atom is -0.443 e.